The first-order valence-electron chi connectivity index (χ1n) is 6.02. The van der Waals surface area contributed by atoms with Gasteiger partial charge in [0, 0.05) is 0 Å². The molecule has 0 rings (SSSR count). The van der Waals surface area contributed by atoms with Crippen LogP contribution in [0.1, 0.15) is 26.7 Å². The molecule has 0 heterocycles. The Kier molecular flexibility index (Phi) is 6.67. The van der Waals surface area contributed by atoms with E-state index in [1.165, 1.54) is 37.0 Å². The number of hydrogen-bond donors (Lipinski definition) is 0. The Bertz CT molecular complexity index is 146. The molecule has 0 aliphatic heterocycles. The highest BCUT2D eigenvalue weighted by Crippen LogP contribution is 2.30. The Labute approximate surface area is 97.2 Å². The highest BCUT2D eigenvalue weighted by Gasteiger charge is 2.28. The van der Waals surface area contributed by atoms with Crippen molar-refractivity contribution in [2.45, 2.75) is 70.5 Å². The van der Waals surface area contributed by atoms with Gasteiger partial charge in [0.1, 0.15) is 7.38 Å². The monoisotopic (exact) mass is 250 g/mol. The van der Waals surface area contributed by atoms with Crippen LogP contribution < -0.4 is 0 Å². The van der Waals surface area contributed by atoms with E-state index < -0.39 is 15.5 Å². The van der Waals surface area contributed by atoms with Crippen molar-refractivity contribution in [3.05, 3.63) is 0 Å². The molecule has 0 unspecified atom stereocenters. The molecule has 0 nitrogen and oxygen atoms in total. The summed E-state index contributed by atoms with van der Waals surface area (Å²) in [5.41, 5.74) is 0. The fraction of sp³-hybridized carbons (Fsp3) is 1.00. The summed E-state index contributed by atoms with van der Waals surface area (Å²) in [7, 11) is -2.23. The van der Waals surface area contributed by atoms with E-state index in [9.17, 15) is 0 Å². The molecule has 0 N–H and O–H groups in total. The predicted molar refractivity (Wildman–Crippen MR) is 74.8 cm³/mol. The van der Waals surface area contributed by atoms with Crippen LogP contribution in [0.5, 0.6) is 0 Å². The summed E-state index contributed by atoms with van der Waals surface area (Å²) < 4.78 is 0. The molecule has 0 aliphatic carbocycles. The molecule has 0 aromatic rings. The minimum absolute atomic E-state index is 0.909. The van der Waals surface area contributed by atoms with E-state index in [1.54, 1.807) is 0 Å². The summed E-state index contributed by atoms with van der Waals surface area (Å²) >= 11 is 6.40. The topological polar surface area (TPSA) is 0 Å². The molecule has 3 heteroatoms. The van der Waals surface area contributed by atoms with E-state index in [2.05, 4.69) is 33.5 Å². The van der Waals surface area contributed by atoms with Gasteiger partial charge in [-0.1, -0.05) is 64.5 Å². The molecule has 0 aliphatic rings. The van der Waals surface area contributed by atoms with E-state index in [-0.39, 0.29) is 0 Å². The smallest absolute Gasteiger partial charge is 0.150 e. The van der Waals surface area contributed by atoms with Gasteiger partial charge >= 0.3 is 0 Å². The number of rotatable bonds is 7. The Balaban J connectivity index is 4.08. The summed E-state index contributed by atoms with van der Waals surface area (Å²) in [5.74, 6) is 0. The standard InChI is InChI=1S/C11H27ClSi2/c1-6-8-14(5,9-7-2)11-10-13(3,4)12/h6-11H2,1-5H3. The maximum atomic E-state index is 6.40. The molecule has 0 saturated heterocycles. The van der Waals surface area contributed by atoms with Gasteiger partial charge in [-0.25, -0.2) is 0 Å². The molecule has 0 saturated carbocycles. The third kappa shape index (κ3) is 7.07. The molecule has 86 valence electrons. The molecule has 0 spiro atoms. The van der Waals surface area contributed by atoms with E-state index in [0.29, 0.717) is 0 Å². The Morgan fingerprint density at radius 2 is 1.21 bits per heavy atom. The third-order valence-corrected chi connectivity index (χ3v) is 10.4. The van der Waals surface area contributed by atoms with Crippen LogP contribution in [0.25, 0.3) is 0 Å². The average Bonchev–Trinajstić information content (AvgIpc) is 2.01. The first-order valence-corrected chi connectivity index (χ1v) is 13.4. The molecular formula is C11H27ClSi2. The van der Waals surface area contributed by atoms with E-state index >= 15 is 0 Å². The van der Waals surface area contributed by atoms with Crippen LogP contribution in [0.3, 0.4) is 0 Å². The lowest BCUT2D eigenvalue weighted by Gasteiger charge is -2.28. The largest absolute Gasteiger partial charge is 0.168 e. The summed E-state index contributed by atoms with van der Waals surface area (Å²) in [6, 6.07) is 5.80. The molecule has 0 atom stereocenters. The molecule has 0 bridgehead atoms. The number of hydrogen-bond acceptors (Lipinski definition) is 0. The van der Waals surface area contributed by atoms with E-state index in [0.717, 1.165) is 0 Å². The Hall–Kier alpha value is 0.724. The van der Waals surface area contributed by atoms with E-state index in [4.69, 9.17) is 11.1 Å². The van der Waals surface area contributed by atoms with Crippen molar-refractivity contribution < 1.29 is 0 Å². The maximum Gasteiger partial charge on any atom is 0.150 e. The summed E-state index contributed by atoms with van der Waals surface area (Å²) in [6.45, 7) is 11.8. The van der Waals surface area contributed by atoms with Crippen LogP contribution in [-0.2, 0) is 0 Å². The van der Waals surface area contributed by atoms with Gasteiger partial charge in [0.05, 0.1) is 8.07 Å². The van der Waals surface area contributed by atoms with Gasteiger partial charge in [0.25, 0.3) is 0 Å². The summed E-state index contributed by atoms with van der Waals surface area (Å²) in [5, 5.41) is 0. The normalized spacial score (nSPS) is 13.3. The van der Waals surface area contributed by atoms with Crippen LogP contribution in [-0.4, -0.2) is 15.5 Å². The zero-order valence-electron chi connectivity index (χ0n) is 10.6. The highest BCUT2D eigenvalue weighted by molar-refractivity contribution is 7.19. The lowest BCUT2D eigenvalue weighted by atomic mass is 10.6. The van der Waals surface area contributed by atoms with Gasteiger partial charge in [-0.05, 0) is 6.04 Å². The quantitative estimate of drug-likeness (QED) is 0.423. The second kappa shape index (κ2) is 6.34. The van der Waals surface area contributed by atoms with Crippen LogP contribution >= 0.6 is 11.1 Å². The predicted octanol–water partition coefficient (Wildman–Crippen LogP) is 5.33. The average molecular weight is 251 g/mol. The number of halogens is 1. The SMILES string of the molecule is CCC[Si](C)(CCC)CC[Si](C)(C)Cl. The van der Waals surface area contributed by atoms with Crippen molar-refractivity contribution in [1.82, 2.24) is 0 Å². The van der Waals surface area contributed by atoms with Gasteiger partial charge < -0.3 is 0 Å². The van der Waals surface area contributed by atoms with Gasteiger partial charge in [0.2, 0.25) is 0 Å². The fourth-order valence-electron chi connectivity index (χ4n) is 2.18. The molecule has 0 aromatic carbocycles. The lowest BCUT2D eigenvalue weighted by Crippen LogP contribution is -2.32. The molecule has 0 fully saturated rings. The minimum atomic E-state index is -1.32. The summed E-state index contributed by atoms with van der Waals surface area (Å²) in [6.07, 6.45) is 2.74. The molecule has 0 radical (unpaired) electrons. The van der Waals surface area contributed by atoms with Gasteiger partial charge in [-0.2, -0.15) is 11.1 Å². The van der Waals surface area contributed by atoms with Crippen LogP contribution in [0.4, 0.5) is 0 Å². The zero-order valence-corrected chi connectivity index (χ0v) is 13.4. The van der Waals surface area contributed by atoms with Gasteiger partial charge in [0.15, 0.2) is 0 Å². The third-order valence-electron chi connectivity index (χ3n) is 3.03. The second-order valence-corrected chi connectivity index (χ2v) is 17.7. The van der Waals surface area contributed by atoms with Crippen LogP contribution in [0.2, 0.25) is 43.8 Å². The van der Waals surface area contributed by atoms with Crippen LogP contribution in [0, 0.1) is 0 Å². The highest BCUT2D eigenvalue weighted by atomic mass is 35.6. The van der Waals surface area contributed by atoms with Crippen molar-refractivity contribution >= 4 is 26.5 Å². The Morgan fingerprint density at radius 1 is 0.786 bits per heavy atom. The van der Waals surface area contributed by atoms with Gasteiger partial charge in [-0.15, -0.1) is 0 Å². The maximum absolute atomic E-state index is 6.40. The molecular weight excluding hydrogens is 224 g/mol. The first-order chi connectivity index (χ1) is 6.33. The second-order valence-electron chi connectivity index (χ2n) is 5.53. The van der Waals surface area contributed by atoms with Gasteiger partial charge in [-0.3, -0.25) is 0 Å². The van der Waals surface area contributed by atoms with Crippen molar-refractivity contribution in [3.8, 4) is 0 Å². The summed E-state index contributed by atoms with van der Waals surface area (Å²) in [4.78, 5) is 0. The van der Waals surface area contributed by atoms with Crippen LogP contribution in [0.15, 0.2) is 0 Å². The molecule has 0 aromatic heterocycles. The molecule has 14 heavy (non-hydrogen) atoms. The zero-order chi connectivity index (χ0) is 11.2. The van der Waals surface area contributed by atoms with E-state index in [1.807, 2.05) is 0 Å². The molecule has 0 amide bonds. The lowest BCUT2D eigenvalue weighted by molar-refractivity contribution is 0.961. The van der Waals surface area contributed by atoms with Crippen molar-refractivity contribution in [1.29, 1.82) is 0 Å². The minimum Gasteiger partial charge on any atom is -0.168 e. The Morgan fingerprint density at radius 3 is 1.50 bits per heavy atom. The fourth-order valence-corrected chi connectivity index (χ4v) is 11.0. The first kappa shape index (κ1) is 14.7. The van der Waals surface area contributed by atoms with Crippen molar-refractivity contribution in [2.24, 2.45) is 0 Å². The van der Waals surface area contributed by atoms with Crippen molar-refractivity contribution in [2.75, 3.05) is 0 Å². The van der Waals surface area contributed by atoms with Crippen molar-refractivity contribution in [3.63, 3.8) is 0 Å².